The highest BCUT2D eigenvalue weighted by atomic mass is 35.5. The second kappa shape index (κ2) is 7.65. The number of carbonyl (C=O) groups is 1. The summed E-state index contributed by atoms with van der Waals surface area (Å²) in [6.45, 7) is 0.438. The van der Waals surface area contributed by atoms with Gasteiger partial charge in [-0.15, -0.1) is 10.2 Å². The first-order valence-corrected chi connectivity index (χ1v) is 10.3. The van der Waals surface area contributed by atoms with Gasteiger partial charge in [-0.25, -0.2) is 0 Å². The summed E-state index contributed by atoms with van der Waals surface area (Å²) < 4.78 is 3.23. The van der Waals surface area contributed by atoms with Gasteiger partial charge in [-0.05, 0) is 23.8 Å². The lowest BCUT2D eigenvalue weighted by Crippen LogP contribution is -2.23. The first-order chi connectivity index (χ1) is 12.7. The summed E-state index contributed by atoms with van der Waals surface area (Å²) in [4.78, 5) is 12.9. The van der Waals surface area contributed by atoms with E-state index < -0.39 is 0 Å². The molecule has 0 aliphatic rings. The van der Waals surface area contributed by atoms with Gasteiger partial charge >= 0.3 is 0 Å². The minimum absolute atomic E-state index is 0.00615. The Bertz CT molecular complexity index is 1080. The maximum absolute atomic E-state index is 12.1. The van der Waals surface area contributed by atoms with E-state index in [1.54, 1.807) is 11.3 Å². The Labute approximate surface area is 163 Å². The number of carbonyl (C=O) groups excluding carboxylic acids is 1. The number of thiazole rings is 1. The third-order valence-electron chi connectivity index (χ3n) is 3.91. The highest BCUT2D eigenvalue weighted by Gasteiger charge is 2.13. The topological polar surface area (TPSA) is 59.3 Å². The van der Waals surface area contributed by atoms with E-state index in [0.717, 1.165) is 21.2 Å². The Morgan fingerprint density at radius 3 is 2.85 bits per heavy atom. The van der Waals surface area contributed by atoms with E-state index in [1.165, 1.54) is 16.5 Å². The summed E-state index contributed by atoms with van der Waals surface area (Å²) in [5.41, 5.74) is 2.02. The number of nitrogens with zero attached hydrogens (tertiary/aromatic N) is 3. The lowest BCUT2D eigenvalue weighted by molar-refractivity contribution is -0.120. The Morgan fingerprint density at radius 2 is 1.96 bits per heavy atom. The van der Waals surface area contributed by atoms with Crippen LogP contribution in [0.4, 0.5) is 0 Å². The first kappa shape index (κ1) is 17.3. The van der Waals surface area contributed by atoms with Crippen LogP contribution in [-0.4, -0.2) is 26.3 Å². The van der Waals surface area contributed by atoms with Crippen LogP contribution in [-0.2, 0) is 11.3 Å². The summed E-state index contributed by atoms with van der Waals surface area (Å²) >= 11 is 9.25. The number of para-hydroxylation sites is 1. The average Bonchev–Trinajstić information content (AvgIpc) is 3.21. The number of hydrogen-bond acceptors (Lipinski definition) is 5. The van der Waals surface area contributed by atoms with Gasteiger partial charge in [-0.2, -0.15) is 0 Å². The predicted molar refractivity (Wildman–Crippen MR) is 107 cm³/mol. The molecule has 2 aromatic heterocycles. The SMILES string of the molecule is O=C(CCSc1nnc2sc3ccccc3n12)NCc1ccccc1Cl. The second-order valence-electron chi connectivity index (χ2n) is 5.64. The number of nitrogens with one attached hydrogen (secondary N) is 1. The van der Waals surface area contributed by atoms with Crippen molar-refractivity contribution in [2.75, 3.05) is 5.75 Å². The molecule has 0 bridgehead atoms. The summed E-state index contributed by atoms with van der Waals surface area (Å²) in [6.07, 6.45) is 0.409. The molecule has 4 aromatic rings. The van der Waals surface area contributed by atoms with Crippen LogP contribution in [0, 0.1) is 0 Å². The molecule has 2 heterocycles. The van der Waals surface area contributed by atoms with Crippen LogP contribution in [0.15, 0.2) is 53.7 Å². The molecule has 8 heteroatoms. The summed E-state index contributed by atoms with van der Waals surface area (Å²) in [7, 11) is 0. The lowest BCUT2D eigenvalue weighted by atomic mass is 10.2. The standard InChI is InChI=1S/C18H15ClN4OS2/c19-13-6-2-1-5-12(13)11-20-16(24)9-10-25-17-21-22-18-23(17)14-7-3-4-8-15(14)26-18/h1-8H,9-11H2,(H,20,24). The molecule has 5 nitrogen and oxygen atoms in total. The first-order valence-electron chi connectivity index (χ1n) is 8.08. The van der Waals surface area contributed by atoms with E-state index in [0.29, 0.717) is 23.7 Å². The minimum Gasteiger partial charge on any atom is -0.352 e. The van der Waals surface area contributed by atoms with E-state index in [4.69, 9.17) is 11.6 Å². The van der Waals surface area contributed by atoms with Gasteiger partial charge in [0, 0.05) is 23.7 Å². The van der Waals surface area contributed by atoms with Gasteiger partial charge in [-0.3, -0.25) is 9.20 Å². The minimum atomic E-state index is -0.00615. The molecule has 1 amide bonds. The number of benzene rings is 2. The molecule has 2 aromatic carbocycles. The number of thioether (sulfide) groups is 1. The van der Waals surface area contributed by atoms with Gasteiger partial charge in [0.1, 0.15) is 0 Å². The van der Waals surface area contributed by atoms with Gasteiger partial charge in [0.2, 0.25) is 10.9 Å². The summed E-state index contributed by atoms with van der Waals surface area (Å²) in [5, 5.41) is 12.9. The molecule has 132 valence electrons. The summed E-state index contributed by atoms with van der Waals surface area (Å²) in [5.74, 6) is 0.632. The Balaban J connectivity index is 1.35. The molecule has 0 radical (unpaired) electrons. The van der Waals surface area contributed by atoms with Crippen molar-refractivity contribution >= 4 is 55.8 Å². The largest absolute Gasteiger partial charge is 0.352 e. The zero-order valence-corrected chi connectivity index (χ0v) is 16.1. The lowest BCUT2D eigenvalue weighted by Gasteiger charge is -2.06. The number of rotatable bonds is 6. The van der Waals surface area contributed by atoms with Crippen LogP contribution >= 0.6 is 34.7 Å². The van der Waals surface area contributed by atoms with E-state index in [-0.39, 0.29) is 5.91 Å². The van der Waals surface area contributed by atoms with Crippen LogP contribution in [0.1, 0.15) is 12.0 Å². The van der Waals surface area contributed by atoms with Crippen molar-refractivity contribution in [3.63, 3.8) is 0 Å². The van der Waals surface area contributed by atoms with E-state index in [2.05, 4.69) is 27.6 Å². The Morgan fingerprint density at radius 1 is 1.15 bits per heavy atom. The Kier molecular flexibility index (Phi) is 5.10. The number of halogens is 1. The third-order valence-corrected chi connectivity index (χ3v) is 6.22. The van der Waals surface area contributed by atoms with Crippen LogP contribution in [0.5, 0.6) is 0 Å². The monoisotopic (exact) mass is 402 g/mol. The molecule has 4 rings (SSSR count). The number of aromatic nitrogens is 3. The van der Waals surface area contributed by atoms with Crippen molar-refractivity contribution in [2.24, 2.45) is 0 Å². The molecule has 0 spiro atoms. The highest BCUT2D eigenvalue weighted by Crippen LogP contribution is 2.29. The Hall–Kier alpha value is -2.09. The van der Waals surface area contributed by atoms with Crippen LogP contribution in [0.2, 0.25) is 5.02 Å². The van der Waals surface area contributed by atoms with E-state index >= 15 is 0 Å². The van der Waals surface area contributed by atoms with Crippen LogP contribution in [0.3, 0.4) is 0 Å². The molecule has 1 N–H and O–H groups in total. The predicted octanol–water partition coefficient (Wildman–Crippen LogP) is 4.40. The van der Waals surface area contributed by atoms with Crippen molar-refractivity contribution in [1.82, 2.24) is 19.9 Å². The van der Waals surface area contributed by atoms with Gasteiger partial charge in [-0.1, -0.05) is 65.0 Å². The van der Waals surface area contributed by atoms with Gasteiger partial charge < -0.3 is 5.32 Å². The third kappa shape index (κ3) is 3.56. The fourth-order valence-electron chi connectivity index (χ4n) is 2.61. The number of fused-ring (bicyclic) bond motifs is 3. The smallest absolute Gasteiger partial charge is 0.221 e. The van der Waals surface area contributed by atoms with Gasteiger partial charge in [0.15, 0.2) is 5.16 Å². The van der Waals surface area contributed by atoms with Crippen molar-refractivity contribution in [1.29, 1.82) is 0 Å². The molecule has 0 atom stereocenters. The van der Waals surface area contributed by atoms with E-state index in [9.17, 15) is 4.79 Å². The number of amides is 1. The maximum atomic E-state index is 12.1. The molecule has 26 heavy (non-hydrogen) atoms. The highest BCUT2D eigenvalue weighted by molar-refractivity contribution is 7.99. The van der Waals surface area contributed by atoms with E-state index in [1.807, 2.05) is 40.8 Å². The maximum Gasteiger partial charge on any atom is 0.221 e. The average molecular weight is 403 g/mol. The molecule has 0 saturated heterocycles. The second-order valence-corrected chi connectivity index (χ2v) is 8.12. The van der Waals surface area contributed by atoms with Crippen molar-refractivity contribution < 1.29 is 4.79 Å². The molecular weight excluding hydrogens is 388 g/mol. The zero-order valence-electron chi connectivity index (χ0n) is 13.7. The van der Waals surface area contributed by atoms with Crippen molar-refractivity contribution in [3.05, 3.63) is 59.1 Å². The number of hydrogen-bond donors (Lipinski definition) is 1. The van der Waals surface area contributed by atoms with Gasteiger partial charge in [0.05, 0.1) is 10.2 Å². The molecule has 0 saturated carbocycles. The molecule has 0 aliphatic carbocycles. The van der Waals surface area contributed by atoms with Crippen molar-refractivity contribution in [2.45, 2.75) is 18.1 Å². The summed E-state index contributed by atoms with van der Waals surface area (Å²) in [6, 6.07) is 15.7. The van der Waals surface area contributed by atoms with Crippen molar-refractivity contribution in [3.8, 4) is 0 Å². The fourth-order valence-corrected chi connectivity index (χ4v) is 4.72. The van der Waals surface area contributed by atoms with Gasteiger partial charge in [0.25, 0.3) is 0 Å². The molecule has 0 fully saturated rings. The quantitative estimate of drug-likeness (QED) is 0.486. The molecular formula is C18H15ClN4OS2. The zero-order chi connectivity index (χ0) is 17.9. The molecule has 0 aliphatic heterocycles. The van der Waals surface area contributed by atoms with Crippen LogP contribution < -0.4 is 5.32 Å². The fraction of sp³-hybridized carbons (Fsp3) is 0.167. The normalized spacial score (nSPS) is 11.3. The molecule has 0 unspecified atom stereocenters. The van der Waals surface area contributed by atoms with Crippen LogP contribution in [0.25, 0.3) is 15.2 Å².